The van der Waals surface area contributed by atoms with Gasteiger partial charge in [-0.25, -0.2) is 24.9 Å². The topological polar surface area (TPSA) is 97.3 Å². The van der Waals surface area contributed by atoms with E-state index in [1.807, 2.05) is 72.8 Å². The highest BCUT2D eigenvalue weighted by Crippen LogP contribution is 2.42. The Morgan fingerprint density at radius 2 is 0.485 bits per heavy atom. The lowest BCUT2D eigenvalue weighted by atomic mass is 9.94. The van der Waals surface area contributed by atoms with Gasteiger partial charge in [0.05, 0.1) is 44.1 Å². The highest BCUT2D eigenvalue weighted by molar-refractivity contribution is 5.92. The van der Waals surface area contributed by atoms with Gasteiger partial charge in [0.25, 0.3) is 0 Å². The molecule has 0 atom stereocenters. The summed E-state index contributed by atoms with van der Waals surface area (Å²) >= 11 is 0. The average Bonchev–Trinajstić information content (AvgIpc) is 1.60. The summed E-state index contributed by atoms with van der Waals surface area (Å²) in [6.07, 6.45) is 0. The number of benzene rings is 19. The second kappa shape index (κ2) is 38.8. The lowest BCUT2D eigenvalue weighted by Gasteiger charge is -2.15. The van der Waals surface area contributed by atoms with Crippen LogP contribution in [0, 0.1) is 34.6 Å². The van der Waals surface area contributed by atoms with Gasteiger partial charge in [0.2, 0.25) is 5.89 Å². The highest BCUT2D eigenvalue weighted by Gasteiger charge is 2.23. The zero-order valence-corrected chi connectivity index (χ0v) is 75.1. The molecule has 0 amide bonds. The van der Waals surface area contributed by atoms with Gasteiger partial charge in [-0.3, -0.25) is 18.3 Å². The largest absolute Gasteiger partial charge is 0.436 e. The standard InChI is InChI=1S/4C26H20N2.C20H15NO/c1-19-11-10-16-22(25(19)20-12-4-2-5-13-20)26-27-23-17-8-9-18-24(23)28(26)21-14-6-3-7-15-21;1-19-22(20-11-4-2-5-12-20)15-10-16-23(19)26-27-24-17-8-9-18-25(24)28(26)21-13-6-3-7-14-21;1-19-18-21(16-17-23(19)20-10-4-2-5-11-20)26-27-24-14-8-9-15-25(24)28(26)22-12-6-3-7-13-22;1-19-16-17-21(18-23(19)20-10-4-2-5-11-20)26-27-24-14-8-9-15-25(24)28(26)22-12-6-3-7-13-22;1-14-6-2-3-7-17(14)15-10-12-16(13-11-15)20-21-18-8-4-5-9-19(18)22-20/h4*2-18H,1H3;2-13H,1H3. The van der Waals surface area contributed by atoms with Crippen LogP contribution in [0.1, 0.15) is 27.8 Å². The first-order chi connectivity index (χ1) is 66.1. The molecule has 0 fully saturated rings. The number of hydrogen-bond donors (Lipinski definition) is 0. The minimum absolute atomic E-state index is 0.664. The molecule has 0 unspecified atom stereocenters. The first-order valence-electron chi connectivity index (χ1n) is 45.4. The van der Waals surface area contributed by atoms with E-state index in [4.69, 9.17) is 24.4 Å². The summed E-state index contributed by atoms with van der Waals surface area (Å²) in [6.45, 7) is 10.8. The number of para-hydroxylation sites is 14. The molecule has 0 saturated carbocycles. The number of imidazole rings is 4. The zero-order chi connectivity index (χ0) is 90.6. The second-order valence-corrected chi connectivity index (χ2v) is 33.3. The van der Waals surface area contributed by atoms with Crippen LogP contribution < -0.4 is 0 Å². The number of nitrogens with zero attached hydrogens (tertiary/aromatic N) is 9. The lowest BCUT2D eigenvalue weighted by molar-refractivity contribution is 0.620. The number of rotatable bonds is 14. The van der Waals surface area contributed by atoms with E-state index in [1.54, 1.807) is 0 Å². The van der Waals surface area contributed by atoms with E-state index in [0.717, 1.165) is 129 Å². The van der Waals surface area contributed by atoms with Crippen LogP contribution in [-0.4, -0.2) is 43.2 Å². The van der Waals surface area contributed by atoms with Crippen molar-refractivity contribution in [3.8, 4) is 135 Å². The van der Waals surface area contributed by atoms with Gasteiger partial charge in [-0.15, -0.1) is 0 Å². The third-order valence-electron chi connectivity index (χ3n) is 24.6. The normalized spacial score (nSPS) is 11.0. The number of oxazole rings is 1. The van der Waals surface area contributed by atoms with Gasteiger partial charge in [-0.05, 0) is 252 Å². The fourth-order valence-electron chi connectivity index (χ4n) is 18.0. The molecule has 19 aromatic carbocycles. The molecule has 10 heteroatoms. The maximum Gasteiger partial charge on any atom is 0.227 e. The van der Waals surface area contributed by atoms with Gasteiger partial charge in [-0.2, -0.15) is 0 Å². The number of aryl methyl sites for hydroxylation is 4. The Labute approximate surface area is 780 Å². The van der Waals surface area contributed by atoms with Crippen molar-refractivity contribution < 1.29 is 4.42 Å². The molecule has 134 heavy (non-hydrogen) atoms. The van der Waals surface area contributed by atoms with E-state index in [-0.39, 0.29) is 0 Å². The van der Waals surface area contributed by atoms with E-state index in [2.05, 4.69) is 470 Å². The molecule has 0 aliphatic carbocycles. The van der Waals surface area contributed by atoms with Crippen molar-refractivity contribution in [2.45, 2.75) is 34.6 Å². The maximum atomic E-state index is 5.81. The molecule has 24 aromatic rings. The predicted molar refractivity (Wildman–Crippen MR) is 556 cm³/mol. The van der Waals surface area contributed by atoms with Gasteiger partial charge in [0.1, 0.15) is 28.8 Å². The van der Waals surface area contributed by atoms with Crippen molar-refractivity contribution in [3.05, 3.63) is 513 Å². The molecule has 10 nitrogen and oxygen atoms in total. The van der Waals surface area contributed by atoms with Gasteiger partial charge >= 0.3 is 0 Å². The Morgan fingerprint density at radius 3 is 0.955 bits per heavy atom. The Bertz CT molecular complexity index is 8120. The maximum absolute atomic E-state index is 5.81. The molecule has 5 heterocycles. The highest BCUT2D eigenvalue weighted by atomic mass is 16.3. The molecular formula is C124H95N9O. The average molecular weight is 1730 g/mol. The fourth-order valence-corrected chi connectivity index (χ4v) is 18.0. The number of hydrogen-bond acceptors (Lipinski definition) is 6. The molecule has 0 saturated heterocycles. The summed E-state index contributed by atoms with van der Waals surface area (Å²) in [4.78, 5) is 24.6. The van der Waals surface area contributed by atoms with E-state index in [9.17, 15) is 0 Å². The summed E-state index contributed by atoms with van der Waals surface area (Å²) in [5, 5.41) is 0. The third-order valence-corrected chi connectivity index (χ3v) is 24.6. The molecule has 0 N–H and O–H groups in total. The molecular weight excluding hydrogens is 1630 g/mol. The summed E-state index contributed by atoms with van der Waals surface area (Å²) in [6, 6.07) is 168. The number of fused-ring (bicyclic) bond motifs is 5. The van der Waals surface area contributed by atoms with Crippen molar-refractivity contribution in [2.75, 3.05) is 0 Å². The second-order valence-electron chi connectivity index (χ2n) is 33.3. The molecule has 0 spiro atoms. The molecule has 0 radical (unpaired) electrons. The molecule has 0 aliphatic rings. The SMILES string of the molecule is Cc1c(-c2ccccc2)cccc1-c1nc2ccccc2n1-c1ccccc1.Cc1cc(-c2nc3ccccc3n2-c2ccccc2)ccc1-c1ccccc1.Cc1ccc(-c2nc3ccccc3n2-c2ccccc2)cc1-c1ccccc1.Cc1cccc(-c2nc3ccccc3n2-c2ccccc2)c1-c1ccccc1.Cc1ccccc1-c1ccc(-c2nc3ccccc3o2)cc1. The van der Waals surface area contributed by atoms with Crippen LogP contribution >= 0.6 is 0 Å². The monoisotopic (exact) mass is 1730 g/mol. The Morgan fingerprint density at radius 1 is 0.179 bits per heavy atom. The number of aromatic nitrogens is 9. The van der Waals surface area contributed by atoms with Crippen molar-refractivity contribution in [3.63, 3.8) is 0 Å². The molecule has 0 bridgehead atoms. The first-order valence-corrected chi connectivity index (χ1v) is 45.4. The third kappa shape index (κ3) is 17.7. The van der Waals surface area contributed by atoms with Gasteiger partial charge in [-0.1, -0.05) is 352 Å². The van der Waals surface area contributed by atoms with E-state index >= 15 is 0 Å². The first kappa shape index (κ1) is 84.7. The van der Waals surface area contributed by atoms with Crippen molar-refractivity contribution in [2.24, 2.45) is 0 Å². The van der Waals surface area contributed by atoms with Crippen molar-refractivity contribution >= 4 is 55.2 Å². The van der Waals surface area contributed by atoms with Crippen LogP contribution in [0.15, 0.2) is 490 Å². The van der Waals surface area contributed by atoms with Crippen molar-refractivity contribution in [1.82, 2.24) is 43.2 Å². The summed E-state index contributed by atoms with van der Waals surface area (Å²) in [5.74, 6) is 4.54. The van der Waals surface area contributed by atoms with Crippen LogP contribution in [0.4, 0.5) is 0 Å². The van der Waals surface area contributed by atoms with E-state index in [1.165, 1.54) is 83.5 Å². The van der Waals surface area contributed by atoms with Crippen LogP contribution in [0.5, 0.6) is 0 Å². The van der Waals surface area contributed by atoms with E-state index in [0.29, 0.717) is 5.89 Å². The Hall–Kier alpha value is -17.5. The van der Waals surface area contributed by atoms with Crippen LogP contribution in [0.2, 0.25) is 0 Å². The quantitative estimate of drug-likeness (QED) is 0.108. The summed E-state index contributed by atoms with van der Waals surface area (Å²) in [7, 11) is 0. The molecule has 0 aliphatic heterocycles. The molecule has 642 valence electrons. The fraction of sp³-hybridized carbons (Fsp3) is 0.0403. The van der Waals surface area contributed by atoms with Crippen LogP contribution in [0.3, 0.4) is 0 Å². The van der Waals surface area contributed by atoms with Crippen LogP contribution in [0.25, 0.3) is 191 Å². The van der Waals surface area contributed by atoms with Crippen LogP contribution in [-0.2, 0) is 0 Å². The van der Waals surface area contributed by atoms with Crippen molar-refractivity contribution in [1.29, 1.82) is 0 Å². The van der Waals surface area contributed by atoms with E-state index < -0.39 is 0 Å². The zero-order valence-electron chi connectivity index (χ0n) is 75.1. The van der Waals surface area contributed by atoms with Gasteiger partial charge < -0.3 is 4.42 Å². The lowest BCUT2D eigenvalue weighted by Crippen LogP contribution is -1.99. The summed E-state index contributed by atoms with van der Waals surface area (Å²) < 4.78 is 14.8. The molecule has 5 aromatic heterocycles. The summed E-state index contributed by atoms with van der Waals surface area (Å²) in [5.41, 5.74) is 38.8. The van der Waals surface area contributed by atoms with Gasteiger partial charge in [0, 0.05) is 50.6 Å². The minimum atomic E-state index is 0.664. The predicted octanol–water partition coefficient (Wildman–Crippen LogP) is 32.1. The minimum Gasteiger partial charge on any atom is -0.436 e. The smallest absolute Gasteiger partial charge is 0.227 e. The van der Waals surface area contributed by atoms with Gasteiger partial charge in [0.15, 0.2) is 5.58 Å². The Balaban J connectivity index is 0.000000104. The molecule has 24 rings (SSSR count). The Kier molecular flexibility index (Phi) is 24.5.